The van der Waals surface area contributed by atoms with Gasteiger partial charge >= 0.3 is 6.09 Å². The van der Waals surface area contributed by atoms with Gasteiger partial charge in [0.05, 0.1) is 0 Å². The second-order valence-electron chi connectivity index (χ2n) is 12.0. The number of piperidine rings is 1. The van der Waals surface area contributed by atoms with Crippen LogP contribution in [-0.2, 0) is 4.74 Å². The van der Waals surface area contributed by atoms with Crippen molar-refractivity contribution in [2.45, 2.75) is 109 Å². The van der Waals surface area contributed by atoms with E-state index in [2.05, 4.69) is 43.1 Å². The molecule has 3 atom stereocenters. The molecule has 31 heavy (non-hydrogen) atoms. The molecule has 2 heterocycles. The maximum atomic E-state index is 12.8. The van der Waals surface area contributed by atoms with Crippen molar-refractivity contribution >= 4 is 6.09 Å². The molecule has 1 saturated carbocycles. The van der Waals surface area contributed by atoms with E-state index in [0.29, 0.717) is 18.0 Å². The van der Waals surface area contributed by atoms with Gasteiger partial charge in [0.25, 0.3) is 0 Å². The summed E-state index contributed by atoms with van der Waals surface area (Å²) in [6.07, 6.45) is 8.31. The van der Waals surface area contributed by atoms with E-state index in [1.54, 1.807) is 0 Å². The van der Waals surface area contributed by atoms with Gasteiger partial charge in [0.1, 0.15) is 5.60 Å². The highest BCUT2D eigenvalue weighted by Crippen LogP contribution is 2.37. The molecule has 6 heteroatoms. The standard InChI is InChI=1S/C25H48N4O2/c1-24(2,3)31-23(30)29-15-9-12-22(29)20-10-8-11-21(20)26-18-25(4,5)28-16-13-19(14-17-28)27(6)7/h19-22,26H,8-18H2,1-7H3/t20-,21+,22-/m0/s1. The topological polar surface area (TPSA) is 48.0 Å². The predicted octanol–water partition coefficient (Wildman–Crippen LogP) is 3.95. The molecular formula is C25H48N4O2. The first kappa shape index (κ1) is 24.8. The van der Waals surface area contributed by atoms with Gasteiger partial charge in [-0.25, -0.2) is 4.79 Å². The lowest BCUT2D eigenvalue weighted by Gasteiger charge is -2.45. The van der Waals surface area contributed by atoms with Gasteiger partial charge in [-0.05, 0) is 93.2 Å². The minimum atomic E-state index is -0.429. The molecule has 0 unspecified atom stereocenters. The first-order chi connectivity index (χ1) is 14.5. The fourth-order valence-corrected chi connectivity index (χ4v) is 5.97. The van der Waals surface area contributed by atoms with Gasteiger partial charge in [-0.2, -0.15) is 0 Å². The summed E-state index contributed by atoms with van der Waals surface area (Å²) < 4.78 is 5.72. The molecule has 0 bridgehead atoms. The quantitative estimate of drug-likeness (QED) is 0.683. The fourth-order valence-electron chi connectivity index (χ4n) is 5.97. The first-order valence-corrected chi connectivity index (χ1v) is 12.6. The van der Waals surface area contributed by atoms with E-state index in [9.17, 15) is 4.79 Å². The molecule has 1 N–H and O–H groups in total. The Morgan fingerprint density at radius 3 is 2.26 bits per heavy atom. The molecule has 0 aromatic rings. The Morgan fingerprint density at radius 1 is 0.968 bits per heavy atom. The zero-order chi connectivity index (χ0) is 22.8. The molecule has 1 amide bonds. The molecule has 3 aliphatic rings. The van der Waals surface area contributed by atoms with Crippen molar-refractivity contribution in [3.8, 4) is 0 Å². The second kappa shape index (κ2) is 9.96. The molecule has 0 spiro atoms. The molecular weight excluding hydrogens is 388 g/mol. The third kappa shape index (κ3) is 6.35. The van der Waals surface area contributed by atoms with Gasteiger partial charge in [0.15, 0.2) is 0 Å². The van der Waals surface area contributed by atoms with Crippen LogP contribution in [0.15, 0.2) is 0 Å². The van der Waals surface area contributed by atoms with Crippen LogP contribution in [-0.4, -0.2) is 90.3 Å². The lowest BCUT2D eigenvalue weighted by Crippen LogP contribution is -2.57. The Hall–Kier alpha value is -0.850. The largest absolute Gasteiger partial charge is 0.444 e. The van der Waals surface area contributed by atoms with Crippen LogP contribution >= 0.6 is 0 Å². The van der Waals surface area contributed by atoms with Gasteiger partial charge in [-0.1, -0.05) is 6.42 Å². The molecule has 180 valence electrons. The zero-order valence-electron chi connectivity index (χ0n) is 21.2. The number of hydrogen-bond donors (Lipinski definition) is 1. The van der Waals surface area contributed by atoms with Crippen LogP contribution in [0.5, 0.6) is 0 Å². The molecule has 0 radical (unpaired) electrons. The Balaban J connectivity index is 1.55. The number of nitrogens with zero attached hydrogens (tertiary/aromatic N) is 3. The van der Waals surface area contributed by atoms with E-state index in [-0.39, 0.29) is 11.6 Å². The van der Waals surface area contributed by atoms with Gasteiger partial charge in [-0.3, -0.25) is 4.90 Å². The molecule has 6 nitrogen and oxygen atoms in total. The highest BCUT2D eigenvalue weighted by molar-refractivity contribution is 5.69. The average Bonchev–Trinajstić information content (AvgIpc) is 3.34. The number of carbonyl (C=O) groups is 1. The van der Waals surface area contributed by atoms with E-state index in [1.165, 1.54) is 45.2 Å². The van der Waals surface area contributed by atoms with E-state index >= 15 is 0 Å². The van der Waals surface area contributed by atoms with Gasteiger partial charge < -0.3 is 19.9 Å². The summed E-state index contributed by atoms with van der Waals surface area (Å²) in [5, 5.41) is 3.96. The third-order valence-electron chi connectivity index (χ3n) is 7.84. The smallest absolute Gasteiger partial charge is 0.410 e. The predicted molar refractivity (Wildman–Crippen MR) is 127 cm³/mol. The molecule has 1 aliphatic carbocycles. The molecule has 0 aromatic carbocycles. The fraction of sp³-hybridized carbons (Fsp3) is 0.960. The normalized spacial score (nSPS) is 29.2. The van der Waals surface area contributed by atoms with E-state index in [4.69, 9.17) is 4.74 Å². The molecule has 2 saturated heterocycles. The summed E-state index contributed by atoms with van der Waals surface area (Å²) in [4.78, 5) is 19.9. The van der Waals surface area contributed by atoms with Gasteiger partial charge in [0.2, 0.25) is 0 Å². The van der Waals surface area contributed by atoms with Crippen molar-refractivity contribution in [2.24, 2.45) is 5.92 Å². The van der Waals surface area contributed by atoms with Crippen molar-refractivity contribution in [2.75, 3.05) is 40.3 Å². The van der Waals surface area contributed by atoms with Crippen LogP contribution in [0.2, 0.25) is 0 Å². The molecule has 3 rings (SSSR count). The van der Waals surface area contributed by atoms with Crippen molar-refractivity contribution in [1.82, 2.24) is 20.0 Å². The van der Waals surface area contributed by atoms with Crippen molar-refractivity contribution in [1.29, 1.82) is 0 Å². The maximum absolute atomic E-state index is 12.8. The Bertz CT molecular complexity index is 593. The second-order valence-corrected chi connectivity index (χ2v) is 12.0. The zero-order valence-corrected chi connectivity index (χ0v) is 21.2. The Labute approximate surface area is 191 Å². The number of likely N-dealkylation sites (tertiary alicyclic amines) is 2. The van der Waals surface area contributed by atoms with Crippen molar-refractivity contribution in [3.63, 3.8) is 0 Å². The molecule has 2 aliphatic heterocycles. The summed E-state index contributed by atoms with van der Waals surface area (Å²) in [7, 11) is 4.41. The lowest BCUT2D eigenvalue weighted by atomic mass is 9.91. The minimum Gasteiger partial charge on any atom is -0.444 e. The van der Waals surface area contributed by atoms with Crippen molar-refractivity contribution in [3.05, 3.63) is 0 Å². The number of carbonyl (C=O) groups excluding carboxylic acids is 1. The third-order valence-corrected chi connectivity index (χ3v) is 7.84. The van der Waals surface area contributed by atoms with Gasteiger partial charge in [-0.15, -0.1) is 0 Å². The van der Waals surface area contributed by atoms with Crippen LogP contribution < -0.4 is 5.32 Å². The molecule has 0 aromatic heterocycles. The van der Waals surface area contributed by atoms with Crippen LogP contribution in [0.1, 0.15) is 79.6 Å². The number of amides is 1. The Kier molecular flexibility index (Phi) is 7.97. The molecule has 3 fully saturated rings. The van der Waals surface area contributed by atoms with E-state index < -0.39 is 5.60 Å². The van der Waals surface area contributed by atoms with Crippen molar-refractivity contribution < 1.29 is 9.53 Å². The summed E-state index contributed by atoms with van der Waals surface area (Å²) in [6, 6.07) is 1.56. The summed E-state index contributed by atoms with van der Waals surface area (Å²) in [6.45, 7) is 14.9. The van der Waals surface area contributed by atoms with E-state index in [0.717, 1.165) is 32.0 Å². The Morgan fingerprint density at radius 2 is 1.65 bits per heavy atom. The number of nitrogens with one attached hydrogen (secondary N) is 1. The summed E-state index contributed by atoms with van der Waals surface area (Å²) in [5.41, 5.74) is -0.271. The highest BCUT2D eigenvalue weighted by atomic mass is 16.6. The van der Waals surface area contributed by atoms with Crippen LogP contribution in [0, 0.1) is 5.92 Å². The minimum absolute atomic E-state index is 0.121. The number of hydrogen-bond acceptors (Lipinski definition) is 5. The summed E-state index contributed by atoms with van der Waals surface area (Å²) >= 11 is 0. The average molecular weight is 437 g/mol. The van der Waals surface area contributed by atoms with Crippen LogP contribution in [0.25, 0.3) is 0 Å². The summed E-state index contributed by atoms with van der Waals surface area (Å²) in [5.74, 6) is 0.547. The monoisotopic (exact) mass is 436 g/mol. The maximum Gasteiger partial charge on any atom is 0.410 e. The van der Waals surface area contributed by atoms with Gasteiger partial charge in [0, 0.05) is 49.8 Å². The highest BCUT2D eigenvalue weighted by Gasteiger charge is 2.42. The van der Waals surface area contributed by atoms with Crippen LogP contribution in [0.4, 0.5) is 4.79 Å². The SMILES string of the molecule is CN(C)C1CCN(C(C)(C)CN[C@@H]2CCC[C@@H]2[C@@H]2CCCN2C(=O)OC(C)(C)C)CC1. The van der Waals surface area contributed by atoms with Crippen LogP contribution in [0.3, 0.4) is 0 Å². The number of ether oxygens (including phenoxy) is 1. The lowest BCUT2D eigenvalue weighted by molar-refractivity contribution is 0.0159. The number of rotatable bonds is 6. The first-order valence-electron chi connectivity index (χ1n) is 12.6. The van der Waals surface area contributed by atoms with E-state index in [1.807, 2.05) is 25.7 Å².